The second kappa shape index (κ2) is 5.75. The molecule has 0 saturated heterocycles. The number of hydrogen-bond acceptors (Lipinski definition) is 3. The van der Waals surface area contributed by atoms with Crippen molar-refractivity contribution in [3.8, 4) is 0 Å². The first-order valence-corrected chi connectivity index (χ1v) is 7.46. The number of carbonyl (C=O) groups is 1. The van der Waals surface area contributed by atoms with Crippen molar-refractivity contribution in [2.45, 2.75) is 13.0 Å². The Morgan fingerprint density at radius 1 is 1.42 bits per heavy atom. The Bertz CT molecular complexity index is 583. The van der Waals surface area contributed by atoms with E-state index in [1.54, 1.807) is 23.5 Å². The Labute approximate surface area is 124 Å². The van der Waals surface area contributed by atoms with E-state index >= 15 is 0 Å². The summed E-state index contributed by atoms with van der Waals surface area (Å²) < 4.78 is 0.771. The van der Waals surface area contributed by atoms with Gasteiger partial charge in [0.2, 0.25) is 0 Å². The van der Waals surface area contributed by atoms with E-state index in [1.807, 2.05) is 24.6 Å². The van der Waals surface area contributed by atoms with Crippen LogP contribution in [0.3, 0.4) is 0 Å². The largest absolute Gasteiger partial charge is 0.478 e. The highest BCUT2D eigenvalue weighted by Crippen LogP contribution is 2.30. The van der Waals surface area contributed by atoms with Gasteiger partial charge in [-0.05, 0) is 36.6 Å². The minimum absolute atomic E-state index is 0.205. The average Bonchev–Trinajstić information content (AvgIpc) is 2.90. The van der Waals surface area contributed by atoms with Gasteiger partial charge in [0.25, 0.3) is 0 Å². The van der Waals surface area contributed by atoms with Crippen LogP contribution < -0.4 is 4.90 Å². The van der Waals surface area contributed by atoms with E-state index in [1.165, 1.54) is 4.88 Å². The standard InChI is InChI=1S/C14H14BrNO2S/c1-9(13-4-3-5-19-13)16(2)12-7-10(14(17)18)6-11(15)8-12/h3-9H,1-2H3,(H,17,18). The first-order chi connectivity index (χ1) is 8.99. The number of rotatable bonds is 4. The second-order valence-electron chi connectivity index (χ2n) is 4.31. The smallest absolute Gasteiger partial charge is 0.335 e. The minimum Gasteiger partial charge on any atom is -0.478 e. The highest BCUT2D eigenvalue weighted by molar-refractivity contribution is 9.10. The van der Waals surface area contributed by atoms with Gasteiger partial charge in [0.1, 0.15) is 0 Å². The monoisotopic (exact) mass is 339 g/mol. The van der Waals surface area contributed by atoms with Gasteiger partial charge in [-0.1, -0.05) is 22.0 Å². The maximum absolute atomic E-state index is 11.1. The molecular weight excluding hydrogens is 326 g/mol. The second-order valence-corrected chi connectivity index (χ2v) is 6.20. The fourth-order valence-electron chi connectivity index (χ4n) is 1.84. The van der Waals surface area contributed by atoms with Crippen molar-refractivity contribution in [2.75, 3.05) is 11.9 Å². The number of aromatic carboxylic acids is 1. The molecule has 1 aromatic carbocycles. The lowest BCUT2D eigenvalue weighted by molar-refractivity contribution is 0.0697. The lowest BCUT2D eigenvalue weighted by atomic mass is 10.1. The minimum atomic E-state index is -0.917. The van der Waals surface area contributed by atoms with Crippen LogP contribution in [0.4, 0.5) is 5.69 Å². The molecule has 0 radical (unpaired) electrons. The summed E-state index contributed by atoms with van der Waals surface area (Å²) in [4.78, 5) is 14.4. The Morgan fingerprint density at radius 3 is 2.74 bits per heavy atom. The van der Waals surface area contributed by atoms with Crippen LogP contribution in [0.5, 0.6) is 0 Å². The molecule has 100 valence electrons. The first kappa shape index (κ1) is 14.1. The maximum Gasteiger partial charge on any atom is 0.335 e. The highest BCUT2D eigenvalue weighted by atomic mass is 79.9. The summed E-state index contributed by atoms with van der Waals surface area (Å²) in [7, 11) is 1.97. The molecule has 1 atom stereocenters. The van der Waals surface area contributed by atoms with E-state index in [-0.39, 0.29) is 11.6 Å². The van der Waals surface area contributed by atoms with Crippen molar-refractivity contribution in [1.29, 1.82) is 0 Å². The van der Waals surface area contributed by atoms with Gasteiger partial charge >= 0.3 is 5.97 Å². The fraction of sp³-hybridized carbons (Fsp3) is 0.214. The molecule has 0 amide bonds. The molecule has 1 N–H and O–H groups in total. The van der Waals surface area contributed by atoms with E-state index in [0.29, 0.717) is 0 Å². The van der Waals surface area contributed by atoms with Gasteiger partial charge in [-0.3, -0.25) is 0 Å². The molecule has 5 heteroatoms. The van der Waals surface area contributed by atoms with Crippen LogP contribution in [0.25, 0.3) is 0 Å². The first-order valence-electron chi connectivity index (χ1n) is 5.79. The van der Waals surface area contributed by atoms with Crippen LogP contribution in [0.15, 0.2) is 40.2 Å². The van der Waals surface area contributed by atoms with Crippen LogP contribution in [-0.2, 0) is 0 Å². The normalized spacial score (nSPS) is 12.2. The molecule has 2 aromatic rings. The fourth-order valence-corrected chi connectivity index (χ4v) is 3.15. The lowest BCUT2D eigenvalue weighted by Gasteiger charge is -2.26. The summed E-state index contributed by atoms with van der Waals surface area (Å²) in [5, 5.41) is 11.1. The molecule has 2 rings (SSSR count). The van der Waals surface area contributed by atoms with E-state index in [2.05, 4.69) is 33.8 Å². The molecule has 1 heterocycles. The van der Waals surface area contributed by atoms with Crippen molar-refractivity contribution in [1.82, 2.24) is 0 Å². The van der Waals surface area contributed by atoms with Crippen molar-refractivity contribution in [3.63, 3.8) is 0 Å². The van der Waals surface area contributed by atoms with E-state index in [4.69, 9.17) is 5.11 Å². The van der Waals surface area contributed by atoms with E-state index < -0.39 is 5.97 Å². The molecule has 0 fully saturated rings. The molecule has 3 nitrogen and oxygen atoms in total. The Morgan fingerprint density at radius 2 is 2.16 bits per heavy atom. The third-order valence-corrected chi connectivity index (χ3v) is 4.57. The summed E-state index contributed by atoms with van der Waals surface area (Å²) in [6.07, 6.45) is 0. The SMILES string of the molecule is CC(c1cccs1)N(C)c1cc(Br)cc(C(=O)O)c1. The highest BCUT2D eigenvalue weighted by Gasteiger charge is 2.15. The quantitative estimate of drug-likeness (QED) is 0.896. The number of benzene rings is 1. The van der Waals surface area contributed by atoms with Crippen LogP contribution >= 0.6 is 27.3 Å². The van der Waals surface area contributed by atoms with Crippen molar-refractivity contribution < 1.29 is 9.90 Å². The summed E-state index contributed by atoms with van der Waals surface area (Å²) >= 11 is 5.06. The third-order valence-electron chi connectivity index (χ3n) is 3.07. The zero-order valence-corrected chi connectivity index (χ0v) is 13.0. The Hall–Kier alpha value is -1.33. The third kappa shape index (κ3) is 3.16. The van der Waals surface area contributed by atoms with Crippen molar-refractivity contribution >= 4 is 38.9 Å². The number of carboxylic acid groups (broad SMARTS) is 1. The predicted octanol–water partition coefficient (Wildman–Crippen LogP) is 4.41. The lowest BCUT2D eigenvalue weighted by Crippen LogP contribution is -2.21. The number of carboxylic acids is 1. The number of anilines is 1. The van der Waals surface area contributed by atoms with Crippen LogP contribution in [0.2, 0.25) is 0 Å². The number of nitrogens with zero attached hydrogens (tertiary/aromatic N) is 1. The van der Waals surface area contributed by atoms with Gasteiger partial charge in [-0.25, -0.2) is 4.79 Å². The molecule has 0 aliphatic rings. The molecule has 0 aliphatic carbocycles. The van der Waals surface area contributed by atoms with Gasteiger partial charge < -0.3 is 10.0 Å². The molecule has 19 heavy (non-hydrogen) atoms. The molecule has 1 unspecified atom stereocenters. The molecular formula is C14H14BrNO2S. The van der Waals surface area contributed by atoms with Gasteiger partial charge in [-0.15, -0.1) is 11.3 Å². The molecule has 1 aromatic heterocycles. The predicted molar refractivity (Wildman–Crippen MR) is 82.2 cm³/mol. The summed E-state index contributed by atoms with van der Waals surface area (Å²) in [5.74, 6) is -0.917. The zero-order chi connectivity index (χ0) is 14.0. The van der Waals surface area contributed by atoms with Crippen LogP contribution in [-0.4, -0.2) is 18.1 Å². The number of halogens is 1. The summed E-state index contributed by atoms with van der Waals surface area (Å²) in [5.41, 5.74) is 1.17. The summed E-state index contributed by atoms with van der Waals surface area (Å²) in [6, 6.07) is 9.54. The van der Waals surface area contributed by atoms with Crippen LogP contribution in [0.1, 0.15) is 28.2 Å². The van der Waals surface area contributed by atoms with Gasteiger partial charge in [0.15, 0.2) is 0 Å². The number of thiophene rings is 1. The van der Waals surface area contributed by atoms with E-state index in [9.17, 15) is 4.79 Å². The zero-order valence-electron chi connectivity index (χ0n) is 10.6. The summed E-state index contributed by atoms with van der Waals surface area (Å²) in [6.45, 7) is 2.10. The van der Waals surface area contributed by atoms with Crippen LogP contribution in [0, 0.1) is 0 Å². The van der Waals surface area contributed by atoms with Gasteiger partial charge in [-0.2, -0.15) is 0 Å². The Kier molecular flexibility index (Phi) is 4.27. The van der Waals surface area contributed by atoms with Gasteiger partial charge in [0, 0.05) is 22.1 Å². The average molecular weight is 340 g/mol. The molecule has 0 aliphatic heterocycles. The van der Waals surface area contributed by atoms with Crippen molar-refractivity contribution in [3.05, 3.63) is 50.6 Å². The molecule has 0 bridgehead atoms. The molecule has 0 saturated carbocycles. The molecule has 0 spiro atoms. The topological polar surface area (TPSA) is 40.5 Å². The van der Waals surface area contributed by atoms with Crippen molar-refractivity contribution in [2.24, 2.45) is 0 Å². The van der Waals surface area contributed by atoms with E-state index in [0.717, 1.165) is 10.2 Å². The number of hydrogen-bond donors (Lipinski definition) is 1. The van der Waals surface area contributed by atoms with Gasteiger partial charge in [0.05, 0.1) is 11.6 Å². The Balaban J connectivity index is 2.33. The maximum atomic E-state index is 11.1.